The molecule has 0 N–H and O–H groups in total. The first-order valence-electron chi connectivity index (χ1n) is 6.28. The van der Waals surface area contributed by atoms with Crippen LogP contribution in [0.25, 0.3) is 0 Å². The fourth-order valence-electron chi connectivity index (χ4n) is 2.34. The van der Waals surface area contributed by atoms with Gasteiger partial charge in [0.05, 0.1) is 12.0 Å². The van der Waals surface area contributed by atoms with E-state index >= 15 is 0 Å². The van der Waals surface area contributed by atoms with Crippen LogP contribution in [-0.4, -0.2) is 41.4 Å². The summed E-state index contributed by atoms with van der Waals surface area (Å²) in [5, 5.41) is 10.7. The average molecular weight is 296 g/mol. The highest BCUT2D eigenvalue weighted by Crippen LogP contribution is 2.24. The smallest absolute Gasteiger partial charge is 0.328 e. The van der Waals surface area contributed by atoms with E-state index in [0.29, 0.717) is 19.4 Å². The molecule has 0 radical (unpaired) electrons. The summed E-state index contributed by atoms with van der Waals surface area (Å²) in [7, 11) is 1.23. The lowest BCUT2D eigenvalue weighted by molar-refractivity contribution is -0.387. The van der Waals surface area contributed by atoms with Crippen molar-refractivity contribution in [2.75, 3.05) is 13.7 Å². The first kappa shape index (κ1) is 14.9. The molecule has 1 fully saturated rings. The molecule has 2 rings (SSSR count). The maximum Gasteiger partial charge on any atom is 0.328 e. The van der Waals surface area contributed by atoms with Crippen LogP contribution < -0.4 is 0 Å². The summed E-state index contributed by atoms with van der Waals surface area (Å²) in [4.78, 5) is 35.0. The second-order valence-corrected chi connectivity index (χ2v) is 4.60. The summed E-state index contributed by atoms with van der Waals surface area (Å²) in [6.07, 6.45) is 1.11. The maximum atomic E-state index is 13.3. The monoisotopic (exact) mass is 296 g/mol. The normalized spacial score (nSPS) is 17.6. The summed E-state index contributed by atoms with van der Waals surface area (Å²) in [5.41, 5.74) is -0.798. The highest BCUT2D eigenvalue weighted by molar-refractivity contribution is 5.97. The van der Waals surface area contributed by atoms with Gasteiger partial charge >= 0.3 is 11.7 Å². The van der Waals surface area contributed by atoms with Gasteiger partial charge in [-0.15, -0.1) is 0 Å². The number of likely N-dealkylation sites (tertiary alicyclic amines) is 1. The van der Waals surface area contributed by atoms with Gasteiger partial charge in [-0.25, -0.2) is 4.79 Å². The number of ether oxygens (including phenoxy) is 1. The Labute approximate surface area is 119 Å². The fraction of sp³-hybridized carbons (Fsp3) is 0.385. The molecule has 1 amide bonds. The number of benzene rings is 1. The molecule has 1 atom stereocenters. The quantitative estimate of drug-likeness (QED) is 0.479. The van der Waals surface area contributed by atoms with Crippen molar-refractivity contribution < 1.29 is 23.6 Å². The standard InChI is InChI=1S/C13H13FN2O5/c1-21-13(18)10-3-2-6-15(10)12(17)8-4-5-9(14)11(7-8)16(19)20/h4-5,7,10H,2-3,6H2,1H3. The van der Waals surface area contributed by atoms with Gasteiger partial charge in [0.1, 0.15) is 6.04 Å². The molecule has 21 heavy (non-hydrogen) atoms. The number of halogens is 1. The second-order valence-electron chi connectivity index (χ2n) is 4.60. The van der Waals surface area contributed by atoms with E-state index in [1.54, 1.807) is 0 Å². The van der Waals surface area contributed by atoms with Gasteiger partial charge in [0, 0.05) is 18.2 Å². The van der Waals surface area contributed by atoms with Gasteiger partial charge in [-0.2, -0.15) is 4.39 Å². The van der Waals surface area contributed by atoms with E-state index in [0.717, 1.165) is 18.2 Å². The topological polar surface area (TPSA) is 89.8 Å². The third-order valence-electron chi connectivity index (χ3n) is 3.38. The van der Waals surface area contributed by atoms with Crippen LogP contribution in [0.2, 0.25) is 0 Å². The Morgan fingerprint density at radius 1 is 1.48 bits per heavy atom. The number of methoxy groups -OCH3 is 1. The molecule has 1 unspecified atom stereocenters. The summed E-state index contributed by atoms with van der Waals surface area (Å²) >= 11 is 0. The Kier molecular flexibility index (Phi) is 4.15. The molecule has 0 aliphatic carbocycles. The van der Waals surface area contributed by atoms with E-state index in [1.165, 1.54) is 12.0 Å². The summed E-state index contributed by atoms with van der Waals surface area (Å²) in [6.45, 7) is 0.351. The lowest BCUT2D eigenvalue weighted by atomic mass is 10.1. The molecule has 0 saturated carbocycles. The Balaban J connectivity index is 2.29. The van der Waals surface area contributed by atoms with E-state index in [-0.39, 0.29) is 5.56 Å². The van der Waals surface area contributed by atoms with Crippen molar-refractivity contribution in [3.05, 3.63) is 39.7 Å². The van der Waals surface area contributed by atoms with E-state index < -0.39 is 34.3 Å². The Bertz CT molecular complexity index is 604. The zero-order chi connectivity index (χ0) is 15.6. The number of nitro benzene ring substituents is 1. The summed E-state index contributed by atoms with van der Waals surface area (Å²) < 4.78 is 17.9. The minimum absolute atomic E-state index is 0.0288. The first-order chi connectivity index (χ1) is 9.95. The first-order valence-corrected chi connectivity index (χ1v) is 6.28. The number of nitro groups is 1. The molecule has 0 bridgehead atoms. The number of rotatable bonds is 3. The summed E-state index contributed by atoms with van der Waals surface area (Å²) in [5.74, 6) is -2.09. The highest BCUT2D eigenvalue weighted by Gasteiger charge is 2.35. The molecule has 1 heterocycles. The third-order valence-corrected chi connectivity index (χ3v) is 3.38. The largest absolute Gasteiger partial charge is 0.467 e. The molecule has 1 aromatic carbocycles. The van der Waals surface area contributed by atoms with Crippen molar-refractivity contribution in [1.82, 2.24) is 4.90 Å². The number of hydrogen-bond donors (Lipinski definition) is 0. The molecular weight excluding hydrogens is 283 g/mol. The number of esters is 1. The van der Waals surface area contributed by atoms with Crippen LogP contribution in [0.3, 0.4) is 0 Å². The molecule has 8 heteroatoms. The molecule has 112 valence electrons. The predicted molar refractivity (Wildman–Crippen MR) is 69.1 cm³/mol. The van der Waals surface area contributed by atoms with Crippen LogP contribution in [0.5, 0.6) is 0 Å². The van der Waals surface area contributed by atoms with E-state index in [9.17, 15) is 24.1 Å². The van der Waals surface area contributed by atoms with Crippen molar-refractivity contribution >= 4 is 17.6 Å². The van der Waals surface area contributed by atoms with E-state index in [4.69, 9.17) is 0 Å². The van der Waals surface area contributed by atoms with Gasteiger partial charge in [-0.3, -0.25) is 14.9 Å². The van der Waals surface area contributed by atoms with Gasteiger partial charge in [0.15, 0.2) is 0 Å². The van der Waals surface area contributed by atoms with Crippen molar-refractivity contribution in [3.8, 4) is 0 Å². The lowest BCUT2D eigenvalue weighted by Crippen LogP contribution is -2.41. The number of amides is 1. The van der Waals surface area contributed by atoms with Crippen LogP contribution in [0.4, 0.5) is 10.1 Å². The van der Waals surface area contributed by atoms with Gasteiger partial charge in [-0.1, -0.05) is 0 Å². The average Bonchev–Trinajstić information content (AvgIpc) is 2.95. The number of hydrogen-bond acceptors (Lipinski definition) is 5. The van der Waals surface area contributed by atoms with Crippen molar-refractivity contribution in [3.63, 3.8) is 0 Å². The number of nitrogens with zero attached hydrogens (tertiary/aromatic N) is 2. The van der Waals surface area contributed by atoms with Gasteiger partial charge < -0.3 is 9.64 Å². The predicted octanol–water partition coefficient (Wildman–Crippen LogP) is 1.51. The molecule has 0 spiro atoms. The van der Waals surface area contributed by atoms with Gasteiger partial charge in [0.2, 0.25) is 5.82 Å². The molecule has 1 aromatic rings. The minimum atomic E-state index is -1.01. The Morgan fingerprint density at radius 3 is 2.81 bits per heavy atom. The second kappa shape index (κ2) is 5.86. The van der Waals surface area contributed by atoms with E-state index in [2.05, 4.69) is 4.74 Å². The SMILES string of the molecule is COC(=O)C1CCCN1C(=O)c1ccc(F)c([N+](=O)[O-])c1. The van der Waals surface area contributed by atoms with Crippen LogP contribution in [0.15, 0.2) is 18.2 Å². The molecule has 0 aromatic heterocycles. The van der Waals surface area contributed by atoms with Crippen molar-refractivity contribution in [2.24, 2.45) is 0 Å². The highest BCUT2D eigenvalue weighted by atomic mass is 19.1. The van der Waals surface area contributed by atoms with E-state index in [1.807, 2.05) is 0 Å². The third kappa shape index (κ3) is 2.83. The zero-order valence-electron chi connectivity index (χ0n) is 11.2. The Morgan fingerprint density at radius 2 is 2.19 bits per heavy atom. The summed E-state index contributed by atoms with van der Waals surface area (Å²) in [6, 6.07) is 2.21. The molecule has 1 saturated heterocycles. The minimum Gasteiger partial charge on any atom is -0.467 e. The van der Waals surface area contributed by atoms with Gasteiger partial charge in [-0.05, 0) is 25.0 Å². The molecule has 1 aliphatic rings. The fourth-order valence-corrected chi connectivity index (χ4v) is 2.34. The van der Waals surface area contributed by atoms with Crippen LogP contribution in [-0.2, 0) is 9.53 Å². The Hall–Kier alpha value is -2.51. The van der Waals surface area contributed by atoms with Crippen LogP contribution in [0, 0.1) is 15.9 Å². The number of carbonyl (C=O) groups is 2. The van der Waals surface area contributed by atoms with Crippen molar-refractivity contribution in [1.29, 1.82) is 0 Å². The number of carbonyl (C=O) groups excluding carboxylic acids is 2. The lowest BCUT2D eigenvalue weighted by Gasteiger charge is -2.22. The maximum absolute atomic E-state index is 13.3. The van der Waals surface area contributed by atoms with Gasteiger partial charge in [0.25, 0.3) is 5.91 Å². The molecule has 1 aliphatic heterocycles. The molecular formula is C13H13FN2O5. The van der Waals surface area contributed by atoms with Crippen LogP contribution >= 0.6 is 0 Å². The van der Waals surface area contributed by atoms with Crippen LogP contribution in [0.1, 0.15) is 23.2 Å². The zero-order valence-corrected chi connectivity index (χ0v) is 11.2. The van der Waals surface area contributed by atoms with Crippen molar-refractivity contribution in [2.45, 2.75) is 18.9 Å². The molecule has 7 nitrogen and oxygen atoms in total.